The number of hydrogen-bond donors (Lipinski definition) is 1. The summed E-state index contributed by atoms with van der Waals surface area (Å²) in [4.78, 5) is 36.6. The molecule has 1 fully saturated rings. The number of amides is 1. The Morgan fingerprint density at radius 3 is 2.54 bits per heavy atom. The van der Waals surface area contributed by atoms with Gasteiger partial charge in [0.2, 0.25) is 5.91 Å². The fourth-order valence-electron chi connectivity index (χ4n) is 3.71. The van der Waals surface area contributed by atoms with Crippen LogP contribution >= 0.6 is 11.3 Å². The van der Waals surface area contributed by atoms with E-state index in [1.165, 1.54) is 18.4 Å². The highest BCUT2D eigenvalue weighted by Crippen LogP contribution is 2.38. The Bertz CT molecular complexity index is 904. The lowest BCUT2D eigenvalue weighted by Gasteiger charge is -2.31. The average molecular weight is 400 g/mol. The van der Waals surface area contributed by atoms with Crippen LogP contribution in [0.5, 0.6) is 0 Å². The molecule has 1 saturated carbocycles. The van der Waals surface area contributed by atoms with Crippen molar-refractivity contribution in [1.29, 1.82) is 0 Å². The Morgan fingerprint density at radius 1 is 1.18 bits per heavy atom. The summed E-state index contributed by atoms with van der Waals surface area (Å²) in [5.41, 5.74) is 2.86. The highest BCUT2D eigenvalue weighted by Gasteiger charge is 2.33. The summed E-state index contributed by atoms with van der Waals surface area (Å²) in [5.74, 6) is -3.59. The standard InChI is InChI=1S/C21H23NO5S/c1-12-6-5-7-13(10-12)16-11-28-19(17(16)21(26)27-2)22-18(23)14-8-3-4-9-15(14)20(24)25/h5-7,10-11,14-15H,3-4,8-9H2,1-2H3,(H,22,23)(H,24,25)/p-1/t14-,15+/m1/s1. The lowest BCUT2D eigenvalue weighted by Crippen LogP contribution is -2.42. The van der Waals surface area contributed by atoms with E-state index in [0.29, 0.717) is 23.4 Å². The number of ether oxygens (including phenoxy) is 1. The second kappa shape index (κ2) is 8.56. The van der Waals surface area contributed by atoms with E-state index in [1.807, 2.05) is 31.2 Å². The molecule has 0 bridgehead atoms. The molecular formula is C21H22NO5S-. The van der Waals surface area contributed by atoms with E-state index < -0.39 is 29.7 Å². The number of benzene rings is 1. The van der Waals surface area contributed by atoms with Crippen LogP contribution in [-0.4, -0.2) is 25.0 Å². The van der Waals surface area contributed by atoms with E-state index in [9.17, 15) is 19.5 Å². The van der Waals surface area contributed by atoms with Crippen molar-refractivity contribution in [1.82, 2.24) is 0 Å². The van der Waals surface area contributed by atoms with Crippen molar-refractivity contribution in [2.24, 2.45) is 11.8 Å². The molecule has 1 amide bonds. The number of thiophene rings is 1. The van der Waals surface area contributed by atoms with Gasteiger partial charge in [-0.25, -0.2) is 4.79 Å². The summed E-state index contributed by atoms with van der Waals surface area (Å²) in [6.45, 7) is 1.96. The number of carboxylic acids is 1. The number of carbonyl (C=O) groups excluding carboxylic acids is 3. The number of carboxylic acid groups (broad SMARTS) is 1. The first kappa shape index (κ1) is 20.1. The van der Waals surface area contributed by atoms with Gasteiger partial charge in [0.1, 0.15) is 10.6 Å². The maximum atomic E-state index is 12.8. The SMILES string of the molecule is COC(=O)c1c(-c2cccc(C)c2)csc1NC(=O)[C@@H]1CCCC[C@@H]1C(=O)[O-]. The van der Waals surface area contributed by atoms with Crippen molar-refractivity contribution in [2.45, 2.75) is 32.6 Å². The highest BCUT2D eigenvalue weighted by molar-refractivity contribution is 7.15. The molecule has 7 heteroatoms. The first-order valence-corrected chi connectivity index (χ1v) is 10.1. The number of hydrogen-bond acceptors (Lipinski definition) is 6. The Balaban J connectivity index is 1.92. The average Bonchev–Trinajstić information content (AvgIpc) is 3.10. The van der Waals surface area contributed by atoms with Gasteiger partial charge >= 0.3 is 5.97 Å². The third-order valence-electron chi connectivity index (χ3n) is 5.15. The van der Waals surface area contributed by atoms with E-state index in [0.717, 1.165) is 24.0 Å². The van der Waals surface area contributed by atoms with E-state index in [-0.39, 0.29) is 5.56 Å². The van der Waals surface area contributed by atoms with Gasteiger partial charge in [-0.2, -0.15) is 0 Å². The highest BCUT2D eigenvalue weighted by atomic mass is 32.1. The van der Waals surface area contributed by atoms with Crippen LogP contribution in [0.3, 0.4) is 0 Å². The molecule has 2 atom stereocenters. The third-order valence-corrected chi connectivity index (χ3v) is 6.05. The van der Waals surface area contributed by atoms with Gasteiger partial charge in [0.25, 0.3) is 0 Å². The van der Waals surface area contributed by atoms with Crippen LogP contribution in [-0.2, 0) is 14.3 Å². The molecule has 0 spiro atoms. The van der Waals surface area contributed by atoms with Crippen molar-refractivity contribution in [2.75, 3.05) is 12.4 Å². The number of carbonyl (C=O) groups is 3. The van der Waals surface area contributed by atoms with Gasteiger partial charge in [-0.15, -0.1) is 11.3 Å². The largest absolute Gasteiger partial charge is 0.550 e. The van der Waals surface area contributed by atoms with Crippen molar-refractivity contribution in [3.8, 4) is 11.1 Å². The first-order chi connectivity index (χ1) is 13.4. The van der Waals surface area contributed by atoms with Crippen LogP contribution in [0.25, 0.3) is 11.1 Å². The maximum Gasteiger partial charge on any atom is 0.341 e. The van der Waals surface area contributed by atoms with Crippen molar-refractivity contribution >= 4 is 34.2 Å². The minimum Gasteiger partial charge on any atom is -0.550 e. The number of rotatable bonds is 5. The van der Waals surface area contributed by atoms with Crippen LogP contribution in [0.2, 0.25) is 0 Å². The second-order valence-electron chi connectivity index (χ2n) is 7.02. The number of anilines is 1. The molecular weight excluding hydrogens is 378 g/mol. The third kappa shape index (κ3) is 4.09. The molecule has 2 aromatic rings. The Labute approximate surface area is 167 Å². The molecule has 1 N–H and O–H groups in total. The molecule has 1 aromatic heterocycles. The van der Waals surface area contributed by atoms with Crippen LogP contribution in [0, 0.1) is 18.8 Å². The molecule has 1 aliphatic rings. The van der Waals surface area contributed by atoms with Crippen molar-refractivity contribution < 1.29 is 24.2 Å². The van der Waals surface area contributed by atoms with Crippen LogP contribution in [0.4, 0.5) is 5.00 Å². The van der Waals surface area contributed by atoms with Crippen LogP contribution in [0.1, 0.15) is 41.6 Å². The molecule has 1 aliphatic carbocycles. The van der Waals surface area contributed by atoms with Gasteiger partial charge in [-0.1, -0.05) is 42.7 Å². The Kier molecular flexibility index (Phi) is 6.14. The Hall–Kier alpha value is -2.67. The van der Waals surface area contributed by atoms with Crippen molar-refractivity contribution in [3.63, 3.8) is 0 Å². The minimum atomic E-state index is -1.19. The molecule has 1 heterocycles. The van der Waals surface area contributed by atoms with Crippen LogP contribution in [0.15, 0.2) is 29.6 Å². The number of nitrogens with one attached hydrogen (secondary N) is 1. The fraction of sp³-hybridized carbons (Fsp3) is 0.381. The molecule has 0 aliphatic heterocycles. The van der Waals surface area contributed by atoms with Crippen molar-refractivity contribution in [3.05, 3.63) is 40.8 Å². The number of methoxy groups -OCH3 is 1. The number of esters is 1. The number of aryl methyl sites for hydroxylation is 1. The molecule has 1 aromatic carbocycles. The predicted molar refractivity (Wildman–Crippen MR) is 105 cm³/mol. The van der Waals surface area contributed by atoms with E-state index in [4.69, 9.17) is 4.74 Å². The molecule has 0 radical (unpaired) electrons. The summed E-state index contributed by atoms with van der Waals surface area (Å²) >= 11 is 1.23. The van der Waals surface area contributed by atoms with Gasteiger partial charge in [0, 0.05) is 28.7 Å². The van der Waals surface area contributed by atoms with E-state index in [1.54, 1.807) is 5.38 Å². The maximum absolute atomic E-state index is 12.8. The predicted octanol–water partition coefficient (Wildman–Crippen LogP) is 3.00. The van der Waals surface area contributed by atoms with E-state index in [2.05, 4.69) is 5.32 Å². The summed E-state index contributed by atoms with van der Waals surface area (Å²) < 4.78 is 4.93. The first-order valence-electron chi connectivity index (χ1n) is 9.21. The second-order valence-corrected chi connectivity index (χ2v) is 7.90. The lowest BCUT2D eigenvalue weighted by atomic mass is 9.79. The summed E-state index contributed by atoms with van der Waals surface area (Å²) in [7, 11) is 1.29. The fourth-order valence-corrected chi connectivity index (χ4v) is 4.67. The zero-order chi connectivity index (χ0) is 20.3. The molecule has 0 saturated heterocycles. The van der Waals surface area contributed by atoms with E-state index >= 15 is 0 Å². The monoisotopic (exact) mass is 400 g/mol. The molecule has 0 unspecified atom stereocenters. The van der Waals surface area contributed by atoms with Gasteiger partial charge in [0.15, 0.2) is 0 Å². The number of aliphatic carboxylic acids is 1. The van der Waals surface area contributed by atoms with Gasteiger partial charge < -0.3 is 20.0 Å². The smallest absolute Gasteiger partial charge is 0.341 e. The van der Waals surface area contributed by atoms with Gasteiger partial charge in [-0.05, 0) is 25.3 Å². The normalized spacial score (nSPS) is 19.1. The summed E-state index contributed by atoms with van der Waals surface area (Å²) in [6, 6.07) is 7.70. The molecule has 148 valence electrons. The quantitative estimate of drug-likeness (QED) is 0.779. The van der Waals surface area contributed by atoms with Crippen LogP contribution < -0.4 is 10.4 Å². The Morgan fingerprint density at radius 2 is 1.89 bits per heavy atom. The zero-order valence-electron chi connectivity index (χ0n) is 15.8. The summed E-state index contributed by atoms with van der Waals surface area (Å²) in [6.07, 6.45) is 2.49. The topological polar surface area (TPSA) is 95.5 Å². The lowest BCUT2D eigenvalue weighted by molar-refractivity contribution is -0.313. The van der Waals surface area contributed by atoms with Gasteiger partial charge in [0.05, 0.1) is 7.11 Å². The minimum absolute atomic E-state index is 0.284. The molecule has 3 rings (SSSR count). The molecule has 28 heavy (non-hydrogen) atoms. The molecule has 6 nitrogen and oxygen atoms in total. The zero-order valence-corrected chi connectivity index (χ0v) is 16.6. The summed E-state index contributed by atoms with van der Waals surface area (Å²) in [5, 5.41) is 16.3. The van der Waals surface area contributed by atoms with Gasteiger partial charge in [-0.3, -0.25) is 4.79 Å².